The second-order valence-corrected chi connectivity index (χ2v) is 13.7. The van der Waals surface area contributed by atoms with E-state index in [4.69, 9.17) is 61.6 Å². The summed E-state index contributed by atoms with van der Waals surface area (Å²) in [5, 5.41) is 2.54. The largest absolute Gasteiger partial charge is 0.497 e. The Bertz CT molecular complexity index is 1780. The van der Waals surface area contributed by atoms with Crippen molar-refractivity contribution in [3.8, 4) is 5.75 Å². The fourth-order valence-corrected chi connectivity index (χ4v) is 6.60. The first-order valence-corrected chi connectivity index (χ1v) is 19.0. The molecule has 0 aromatic heterocycles. The van der Waals surface area contributed by atoms with Gasteiger partial charge in [-0.05, 0) is 17.7 Å². The second kappa shape index (κ2) is 21.7. The van der Waals surface area contributed by atoms with E-state index in [2.05, 4.69) is 5.32 Å². The molecule has 3 heterocycles. The number of hydrogen-bond donors (Lipinski definition) is 1. The summed E-state index contributed by atoms with van der Waals surface area (Å²) in [5.41, 5.74) is 1.34. The van der Waals surface area contributed by atoms with E-state index in [0.29, 0.717) is 11.3 Å². The molecule has 60 heavy (non-hydrogen) atoms. The van der Waals surface area contributed by atoms with Crippen LogP contribution in [0.2, 0.25) is 0 Å². The van der Waals surface area contributed by atoms with Crippen molar-refractivity contribution >= 4 is 35.9 Å². The number of benzene rings is 2. The Balaban J connectivity index is 1.41. The number of hydrogen-bond acceptors (Lipinski definition) is 19. The molecule has 11 atom stereocenters. The summed E-state index contributed by atoms with van der Waals surface area (Å²) in [7, 11) is 1.52. The van der Waals surface area contributed by atoms with Gasteiger partial charge in [0.1, 0.15) is 56.1 Å². The molecule has 2 aromatic carbocycles. The first-order valence-electron chi connectivity index (χ1n) is 19.0. The number of amides is 1. The number of nitrogens with one attached hydrogen (secondary N) is 1. The molecule has 20 heteroatoms. The molecular formula is C40H49NO19. The lowest BCUT2D eigenvalue weighted by atomic mass is 9.96. The minimum Gasteiger partial charge on any atom is -0.497 e. The van der Waals surface area contributed by atoms with E-state index in [9.17, 15) is 28.8 Å². The maximum atomic E-state index is 12.7. The van der Waals surface area contributed by atoms with Crippen molar-refractivity contribution in [2.45, 2.75) is 109 Å². The summed E-state index contributed by atoms with van der Waals surface area (Å²) < 4.78 is 75.7. The molecule has 3 saturated heterocycles. The summed E-state index contributed by atoms with van der Waals surface area (Å²) >= 11 is 0. The molecule has 0 bridgehead atoms. The van der Waals surface area contributed by atoms with Gasteiger partial charge in [0.05, 0.1) is 13.7 Å². The fourth-order valence-electron chi connectivity index (χ4n) is 6.60. The lowest BCUT2D eigenvalue weighted by Crippen LogP contribution is -2.66. The molecule has 0 saturated carbocycles. The van der Waals surface area contributed by atoms with E-state index >= 15 is 0 Å². The maximum Gasteiger partial charge on any atom is 0.407 e. The lowest BCUT2D eigenvalue weighted by Gasteiger charge is -2.47. The molecule has 2 aromatic rings. The predicted octanol–water partition coefficient (Wildman–Crippen LogP) is 2.18. The van der Waals surface area contributed by atoms with Crippen molar-refractivity contribution in [2.24, 2.45) is 0 Å². The van der Waals surface area contributed by atoms with Gasteiger partial charge in [-0.1, -0.05) is 42.5 Å². The van der Waals surface area contributed by atoms with Gasteiger partial charge in [0, 0.05) is 46.7 Å². The van der Waals surface area contributed by atoms with E-state index in [-0.39, 0.29) is 26.4 Å². The standard InChI is InChI=1S/C40H49NO19/c1-21(42)50-19-29-31(33(53-23(3)44)35(54-24(4)45)38(56-29)49-17-16-41-40(47)52-18-26-10-8-7-9-11-26)59-39-36(55-25(5)46)34-32(30(57-39)20-51-22(2)43)58-37(60-34)27-12-14-28(48-6)15-13-27/h7-15,29-39H,16-20H2,1-6H3,(H,41,47)/t29-,30-,31-,32?,33?,34?,35-,36-,37?,38?,39?/m1/s1. The molecule has 3 aliphatic rings. The third kappa shape index (κ3) is 12.8. The Kier molecular flexibility index (Phi) is 16.6. The highest BCUT2D eigenvalue weighted by atomic mass is 16.8. The van der Waals surface area contributed by atoms with Gasteiger partial charge in [-0.15, -0.1) is 0 Å². The van der Waals surface area contributed by atoms with E-state index in [0.717, 1.165) is 33.3 Å². The molecule has 1 amide bonds. The van der Waals surface area contributed by atoms with Gasteiger partial charge in [-0.25, -0.2) is 4.79 Å². The quantitative estimate of drug-likeness (QED) is 0.136. The minimum atomic E-state index is -1.60. The average Bonchev–Trinajstić information content (AvgIpc) is 3.66. The molecule has 1 N–H and O–H groups in total. The van der Waals surface area contributed by atoms with Gasteiger partial charge in [-0.3, -0.25) is 24.0 Å². The highest BCUT2D eigenvalue weighted by Crippen LogP contribution is 2.42. The van der Waals surface area contributed by atoms with Crippen LogP contribution in [0.15, 0.2) is 54.6 Å². The van der Waals surface area contributed by atoms with Crippen LogP contribution in [0.4, 0.5) is 4.79 Å². The van der Waals surface area contributed by atoms with Crippen LogP contribution in [-0.4, -0.2) is 131 Å². The number of fused-ring (bicyclic) bond motifs is 1. The monoisotopic (exact) mass is 847 g/mol. The van der Waals surface area contributed by atoms with E-state index in [1.54, 1.807) is 48.5 Å². The average molecular weight is 848 g/mol. The first kappa shape index (κ1) is 45.7. The second-order valence-electron chi connectivity index (χ2n) is 13.7. The van der Waals surface area contributed by atoms with Crippen LogP contribution in [0.25, 0.3) is 0 Å². The molecule has 3 aliphatic heterocycles. The van der Waals surface area contributed by atoms with Crippen molar-refractivity contribution < 1.29 is 90.3 Å². The number of rotatable bonds is 17. The SMILES string of the molecule is COc1ccc(C2OC3C(O2)[C@@H](COC(C)=O)OC(O[C@H]2C(OC(C)=O)[C@@H](OC(C)=O)C(OCCNC(=O)OCc4ccccc4)O[C@@H]2COC(C)=O)[C@@H]3OC(C)=O)cc1. The van der Waals surface area contributed by atoms with Crippen LogP contribution in [0.3, 0.4) is 0 Å². The number of carbonyl (C=O) groups is 6. The van der Waals surface area contributed by atoms with Gasteiger partial charge in [0.2, 0.25) is 0 Å². The van der Waals surface area contributed by atoms with Gasteiger partial charge in [-0.2, -0.15) is 0 Å². The maximum absolute atomic E-state index is 12.7. The Morgan fingerprint density at radius 1 is 0.600 bits per heavy atom. The molecule has 0 aliphatic carbocycles. The van der Waals surface area contributed by atoms with Crippen LogP contribution < -0.4 is 10.1 Å². The van der Waals surface area contributed by atoms with Gasteiger partial charge < -0.3 is 66.9 Å². The number of ether oxygens (including phenoxy) is 13. The fraction of sp³-hybridized carbons (Fsp3) is 0.550. The Morgan fingerprint density at radius 3 is 1.80 bits per heavy atom. The van der Waals surface area contributed by atoms with Crippen LogP contribution in [0.1, 0.15) is 52.0 Å². The normalized spacial score (nSPS) is 28.3. The predicted molar refractivity (Wildman–Crippen MR) is 198 cm³/mol. The summed E-state index contributed by atoms with van der Waals surface area (Å²) in [6, 6.07) is 15.8. The van der Waals surface area contributed by atoms with E-state index in [1.165, 1.54) is 14.0 Å². The summed E-state index contributed by atoms with van der Waals surface area (Å²) in [6.07, 6.45) is -15.3. The van der Waals surface area contributed by atoms with E-state index in [1.807, 2.05) is 6.07 Å². The summed E-state index contributed by atoms with van der Waals surface area (Å²) in [5.74, 6) is -3.20. The molecule has 0 spiro atoms. The topological polar surface area (TPSA) is 234 Å². The summed E-state index contributed by atoms with van der Waals surface area (Å²) in [6.45, 7) is 4.53. The zero-order valence-corrected chi connectivity index (χ0v) is 33.8. The highest BCUT2D eigenvalue weighted by molar-refractivity contribution is 5.68. The number of esters is 5. The molecule has 6 unspecified atom stereocenters. The molecule has 5 rings (SSSR count). The van der Waals surface area contributed by atoms with Crippen molar-refractivity contribution in [3.05, 3.63) is 65.7 Å². The van der Waals surface area contributed by atoms with Crippen molar-refractivity contribution in [3.63, 3.8) is 0 Å². The Hall–Kier alpha value is -5.38. The van der Waals surface area contributed by atoms with Crippen LogP contribution >= 0.6 is 0 Å². The molecule has 0 radical (unpaired) electrons. The number of carbonyl (C=O) groups excluding carboxylic acids is 6. The van der Waals surface area contributed by atoms with Crippen LogP contribution in [-0.2, 0) is 87.4 Å². The van der Waals surface area contributed by atoms with E-state index < -0.39 is 110 Å². The Labute approximate surface area is 345 Å². The molecule has 3 fully saturated rings. The zero-order valence-electron chi connectivity index (χ0n) is 33.8. The van der Waals surface area contributed by atoms with Gasteiger partial charge >= 0.3 is 35.9 Å². The summed E-state index contributed by atoms with van der Waals surface area (Å²) in [4.78, 5) is 74.2. The number of alkyl carbamates (subject to hydrolysis) is 1. The van der Waals surface area contributed by atoms with Crippen molar-refractivity contribution in [1.29, 1.82) is 0 Å². The van der Waals surface area contributed by atoms with Crippen molar-refractivity contribution in [1.82, 2.24) is 5.32 Å². The molecule has 20 nitrogen and oxygen atoms in total. The zero-order chi connectivity index (χ0) is 43.3. The van der Waals surface area contributed by atoms with Crippen LogP contribution in [0, 0.1) is 0 Å². The lowest BCUT2D eigenvalue weighted by molar-refractivity contribution is -0.354. The molecular weight excluding hydrogens is 798 g/mol. The van der Waals surface area contributed by atoms with Crippen LogP contribution in [0.5, 0.6) is 5.75 Å². The third-order valence-electron chi connectivity index (χ3n) is 9.10. The van der Waals surface area contributed by atoms with Gasteiger partial charge in [0.15, 0.2) is 37.2 Å². The molecule has 328 valence electrons. The first-order chi connectivity index (χ1) is 28.7. The Morgan fingerprint density at radius 2 is 1.18 bits per heavy atom. The number of methoxy groups -OCH3 is 1. The minimum absolute atomic E-state index is 0.0222. The smallest absolute Gasteiger partial charge is 0.407 e. The third-order valence-corrected chi connectivity index (χ3v) is 9.10. The van der Waals surface area contributed by atoms with Gasteiger partial charge in [0.25, 0.3) is 0 Å². The highest BCUT2D eigenvalue weighted by Gasteiger charge is 2.59. The van der Waals surface area contributed by atoms with Crippen molar-refractivity contribution in [2.75, 3.05) is 33.5 Å².